The molecule has 0 radical (unpaired) electrons. The second kappa shape index (κ2) is 6.02. The largest absolute Gasteiger partial charge is 0.481 e. The Balaban J connectivity index is 1.87. The summed E-state index contributed by atoms with van der Waals surface area (Å²) in [6.45, 7) is 5.20. The summed E-state index contributed by atoms with van der Waals surface area (Å²) in [6.07, 6.45) is 5.19. The number of carboxylic acids is 1. The maximum atomic E-state index is 12.2. The molecule has 0 aromatic carbocycles. The summed E-state index contributed by atoms with van der Waals surface area (Å²) in [5.41, 5.74) is -0.628. The molecule has 5 heteroatoms. The fraction of sp³-hybridized carbons (Fsp3) is 0.867. The van der Waals surface area contributed by atoms with E-state index >= 15 is 0 Å². The van der Waals surface area contributed by atoms with Crippen molar-refractivity contribution >= 4 is 12.0 Å². The predicted octanol–water partition coefficient (Wildman–Crippen LogP) is 2.46. The number of aliphatic carboxylic acids is 1. The Morgan fingerprint density at radius 3 is 2.40 bits per heavy atom. The number of carboxylic acid groups (broad SMARTS) is 1. The first kappa shape index (κ1) is 15.1. The van der Waals surface area contributed by atoms with Crippen molar-refractivity contribution < 1.29 is 14.7 Å². The molecule has 1 aliphatic heterocycles. The first-order valence-corrected chi connectivity index (χ1v) is 7.77. The van der Waals surface area contributed by atoms with Crippen molar-refractivity contribution in [3.05, 3.63) is 0 Å². The molecule has 1 aliphatic carbocycles. The van der Waals surface area contributed by atoms with Crippen molar-refractivity contribution in [2.75, 3.05) is 13.1 Å². The number of amides is 2. The lowest BCUT2D eigenvalue weighted by Gasteiger charge is -2.38. The van der Waals surface area contributed by atoms with Crippen LogP contribution in [-0.4, -0.2) is 41.1 Å². The minimum atomic E-state index is -0.718. The Morgan fingerprint density at radius 2 is 1.95 bits per heavy atom. The zero-order chi connectivity index (χ0) is 14.8. The summed E-state index contributed by atoms with van der Waals surface area (Å²) in [7, 11) is 0. The third-order valence-corrected chi connectivity index (χ3v) is 5.31. The van der Waals surface area contributed by atoms with Gasteiger partial charge in [-0.05, 0) is 38.0 Å². The zero-order valence-electron chi connectivity index (χ0n) is 12.5. The van der Waals surface area contributed by atoms with E-state index in [0.29, 0.717) is 44.3 Å². The van der Waals surface area contributed by atoms with Crippen molar-refractivity contribution in [3.8, 4) is 0 Å². The van der Waals surface area contributed by atoms with Gasteiger partial charge in [-0.2, -0.15) is 0 Å². The number of carbonyl (C=O) groups excluding carboxylic acids is 1. The number of nitrogens with zero attached hydrogens (tertiary/aromatic N) is 1. The van der Waals surface area contributed by atoms with Crippen LogP contribution in [0.4, 0.5) is 4.79 Å². The summed E-state index contributed by atoms with van der Waals surface area (Å²) >= 11 is 0. The number of hydrogen-bond donors (Lipinski definition) is 2. The molecule has 2 aliphatic rings. The van der Waals surface area contributed by atoms with Crippen LogP contribution < -0.4 is 5.32 Å². The molecule has 2 N–H and O–H groups in total. The quantitative estimate of drug-likeness (QED) is 0.835. The van der Waals surface area contributed by atoms with Crippen LogP contribution in [0.2, 0.25) is 0 Å². The van der Waals surface area contributed by atoms with Gasteiger partial charge in [-0.1, -0.05) is 20.3 Å². The molecule has 2 atom stereocenters. The third kappa shape index (κ3) is 2.91. The van der Waals surface area contributed by atoms with Gasteiger partial charge >= 0.3 is 12.0 Å². The zero-order valence-corrected chi connectivity index (χ0v) is 12.5. The van der Waals surface area contributed by atoms with Crippen LogP contribution in [0.5, 0.6) is 0 Å². The molecule has 1 saturated carbocycles. The van der Waals surface area contributed by atoms with Gasteiger partial charge in [0.25, 0.3) is 0 Å². The molecule has 1 heterocycles. The van der Waals surface area contributed by atoms with Crippen LogP contribution in [0.15, 0.2) is 0 Å². The minimum Gasteiger partial charge on any atom is -0.481 e. The van der Waals surface area contributed by atoms with Gasteiger partial charge in [-0.15, -0.1) is 0 Å². The lowest BCUT2D eigenvalue weighted by molar-refractivity contribution is -0.151. The predicted molar refractivity (Wildman–Crippen MR) is 76.5 cm³/mol. The summed E-state index contributed by atoms with van der Waals surface area (Å²) in [4.78, 5) is 25.4. The van der Waals surface area contributed by atoms with Crippen LogP contribution in [0, 0.1) is 11.3 Å². The molecule has 0 bridgehead atoms. The highest BCUT2D eigenvalue weighted by atomic mass is 16.4. The van der Waals surface area contributed by atoms with Crippen molar-refractivity contribution in [3.63, 3.8) is 0 Å². The van der Waals surface area contributed by atoms with E-state index in [1.165, 1.54) is 12.8 Å². The van der Waals surface area contributed by atoms with Crippen LogP contribution >= 0.6 is 0 Å². The lowest BCUT2D eigenvalue weighted by atomic mass is 9.76. The van der Waals surface area contributed by atoms with Gasteiger partial charge < -0.3 is 15.3 Å². The molecular weight excluding hydrogens is 256 g/mol. The van der Waals surface area contributed by atoms with Crippen molar-refractivity contribution in [1.82, 2.24) is 10.2 Å². The highest BCUT2D eigenvalue weighted by Gasteiger charge is 2.41. The third-order valence-electron chi connectivity index (χ3n) is 5.31. The second-order valence-corrected chi connectivity index (χ2v) is 6.39. The van der Waals surface area contributed by atoms with Crippen molar-refractivity contribution in [1.29, 1.82) is 0 Å². The molecular formula is C15H26N2O3. The lowest BCUT2D eigenvalue weighted by Crippen LogP contribution is -2.51. The SMILES string of the molecule is CCC1(C(=O)O)CCN(C(=O)NC2CCCC2C)CC1. The Bertz CT molecular complexity index is 375. The van der Waals surface area contributed by atoms with E-state index < -0.39 is 11.4 Å². The fourth-order valence-corrected chi connectivity index (χ4v) is 3.47. The standard InChI is InChI=1S/C15H26N2O3/c1-3-15(13(18)19)7-9-17(10-8-15)14(20)16-12-6-4-5-11(12)2/h11-12H,3-10H2,1-2H3,(H,16,20)(H,18,19). The van der Waals surface area contributed by atoms with E-state index in [4.69, 9.17) is 0 Å². The second-order valence-electron chi connectivity index (χ2n) is 6.39. The minimum absolute atomic E-state index is 0.0150. The van der Waals surface area contributed by atoms with Gasteiger partial charge in [-0.3, -0.25) is 4.79 Å². The van der Waals surface area contributed by atoms with Crippen LogP contribution in [-0.2, 0) is 4.79 Å². The summed E-state index contributed by atoms with van der Waals surface area (Å²) < 4.78 is 0. The Morgan fingerprint density at radius 1 is 1.30 bits per heavy atom. The average molecular weight is 282 g/mol. The van der Waals surface area contributed by atoms with Gasteiger partial charge in [0.2, 0.25) is 0 Å². The van der Waals surface area contributed by atoms with Gasteiger partial charge in [-0.25, -0.2) is 4.79 Å². The number of likely N-dealkylation sites (tertiary alicyclic amines) is 1. The molecule has 2 rings (SSSR count). The molecule has 0 aromatic rings. The number of hydrogen-bond acceptors (Lipinski definition) is 2. The smallest absolute Gasteiger partial charge is 0.317 e. The monoisotopic (exact) mass is 282 g/mol. The summed E-state index contributed by atoms with van der Waals surface area (Å²) in [5, 5.41) is 12.5. The van der Waals surface area contributed by atoms with E-state index in [9.17, 15) is 14.7 Å². The van der Waals surface area contributed by atoms with E-state index in [2.05, 4.69) is 12.2 Å². The van der Waals surface area contributed by atoms with Crippen molar-refractivity contribution in [2.45, 2.75) is 58.4 Å². The van der Waals surface area contributed by atoms with E-state index in [-0.39, 0.29) is 6.03 Å². The Labute approximate surface area is 120 Å². The Hall–Kier alpha value is -1.26. The van der Waals surface area contributed by atoms with Gasteiger partial charge in [0.05, 0.1) is 5.41 Å². The molecule has 0 aromatic heterocycles. The van der Waals surface area contributed by atoms with Gasteiger partial charge in [0.1, 0.15) is 0 Å². The highest BCUT2D eigenvalue weighted by Crippen LogP contribution is 2.35. The van der Waals surface area contributed by atoms with E-state index in [0.717, 1.165) is 6.42 Å². The van der Waals surface area contributed by atoms with E-state index in [1.807, 2.05) is 6.92 Å². The van der Waals surface area contributed by atoms with E-state index in [1.54, 1.807) is 4.90 Å². The molecule has 1 saturated heterocycles. The molecule has 5 nitrogen and oxygen atoms in total. The van der Waals surface area contributed by atoms with Gasteiger partial charge in [0, 0.05) is 19.1 Å². The molecule has 20 heavy (non-hydrogen) atoms. The number of urea groups is 1. The molecule has 0 spiro atoms. The maximum absolute atomic E-state index is 12.2. The Kier molecular flexibility index (Phi) is 4.55. The topological polar surface area (TPSA) is 69.6 Å². The fourth-order valence-electron chi connectivity index (χ4n) is 3.47. The van der Waals surface area contributed by atoms with Crippen LogP contribution in [0.1, 0.15) is 52.4 Å². The molecule has 2 unspecified atom stereocenters. The number of piperidine rings is 1. The highest BCUT2D eigenvalue weighted by molar-refractivity contribution is 5.77. The van der Waals surface area contributed by atoms with Gasteiger partial charge in [0.15, 0.2) is 0 Å². The van der Waals surface area contributed by atoms with Crippen molar-refractivity contribution in [2.24, 2.45) is 11.3 Å². The number of carbonyl (C=O) groups is 2. The van der Waals surface area contributed by atoms with Crippen LogP contribution in [0.25, 0.3) is 0 Å². The maximum Gasteiger partial charge on any atom is 0.317 e. The first-order valence-electron chi connectivity index (χ1n) is 7.77. The normalized spacial score (nSPS) is 29.2. The number of rotatable bonds is 3. The molecule has 2 fully saturated rings. The summed E-state index contributed by atoms with van der Waals surface area (Å²) in [5.74, 6) is -0.165. The molecule has 2 amide bonds. The first-order chi connectivity index (χ1) is 9.48. The average Bonchev–Trinajstić information content (AvgIpc) is 2.84. The summed E-state index contributed by atoms with van der Waals surface area (Å²) in [6, 6.07) is 0.277. The number of nitrogens with one attached hydrogen (secondary N) is 1. The molecule has 114 valence electrons. The van der Waals surface area contributed by atoms with Crippen LogP contribution in [0.3, 0.4) is 0 Å².